The minimum atomic E-state index is -0.981. The van der Waals surface area contributed by atoms with Gasteiger partial charge >= 0.3 is 6.09 Å². The fourth-order valence-electron chi connectivity index (χ4n) is 5.77. The zero-order valence-corrected chi connectivity index (χ0v) is 22.5. The molecule has 3 fully saturated rings. The zero-order valence-electron chi connectivity index (χ0n) is 22.5. The lowest BCUT2D eigenvalue weighted by molar-refractivity contribution is -0.136. The average Bonchev–Trinajstić information content (AvgIpc) is 3.18. The summed E-state index contributed by atoms with van der Waals surface area (Å²) in [5.41, 5.74) is 1.30. The number of rotatable bonds is 6. The van der Waals surface area contributed by atoms with Gasteiger partial charge in [0.2, 0.25) is 11.8 Å². The number of imide groups is 2. The molecule has 3 saturated heterocycles. The highest BCUT2D eigenvalue weighted by atomic mass is 16.6. The lowest BCUT2D eigenvalue weighted by atomic mass is 10.0. The molecule has 11 heteroatoms. The van der Waals surface area contributed by atoms with Crippen molar-refractivity contribution in [1.82, 2.24) is 15.1 Å². The molecule has 0 bridgehead atoms. The first-order chi connectivity index (χ1) is 18.7. The molecule has 1 atom stereocenters. The van der Waals surface area contributed by atoms with Gasteiger partial charge in [-0.3, -0.25) is 29.4 Å². The number of nitrogens with zero attached hydrogens (tertiary/aromatic N) is 3. The van der Waals surface area contributed by atoms with E-state index in [4.69, 9.17) is 9.47 Å². The number of hydrogen-bond acceptors (Lipinski definition) is 8. The molecule has 0 spiro atoms. The van der Waals surface area contributed by atoms with E-state index < -0.39 is 29.7 Å². The van der Waals surface area contributed by atoms with Gasteiger partial charge < -0.3 is 19.3 Å². The van der Waals surface area contributed by atoms with Crippen molar-refractivity contribution < 1.29 is 33.4 Å². The molecule has 4 aliphatic rings. The van der Waals surface area contributed by atoms with Crippen LogP contribution >= 0.6 is 0 Å². The summed E-state index contributed by atoms with van der Waals surface area (Å²) in [5, 5.41) is 2.23. The van der Waals surface area contributed by atoms with E-state index in [1.807, 2.05) is 19.9 Å². The summed E-state index contributed by atoms with van der Waals surface area (Å²) < 4.78 is 11.7. The summed E-state index contributed by atoms with van der Waals surface area (Å²) >= 11 is 0. The van der Waals surface area contributed by atoms with Crippen LogP contribution in [-0.4, -0.2) is 90.6 Å². The number of hydrogen-bond donors (Lipinski definition) is 1. The Balaban J connectivity index is 1.16. The van der Waals surface area contributed by atoms with Crippen LogP contribution < -0.4 is 10.2 Å². The van der Waals surface area contributed by atoms with Gasteiger partial charge in [-0.15, -0.1) is 0 Å². The smallest absolute Gasteiger partial charge is 0.409 e. The third kappa shape index (κ3) is 5.63. The molecule has 1 unspecified atom stereocenters. The van der Waals surface area contributed by atoms with Crippen LogP contribution in [0.3, 0.4) is 0 Å². The van der Waals surface area contributed by atoms with Crippen LogP contribution in [0.15, 0.2) is 18.2 Å². The Labute approximate surface area is 227 Å². The minimum Gasteiger partial charge on any atom is -0.449 e. The van der Waals surface area contributed by atoms with Crippen LogP contribution in [0.5, 0.6) is 0 Å². The second-order valence-electron chi connectivity index (χ2n) is 11.1. The van der Waals surface area contributed by atoms with E-state index in [2.05, 4.69) is 10.2 Å². The van der Waals surface area contributed by atoms with Gasteiger partial charge in [-0.05, 0) is 50.2 Å². The maximum absolute atomic E-state index is 13.4. The number of carbonyl (C=O) groups excluding carboxylic acids is 5. The third-order valence-electron chi connectivity index (χ3n) is 7.85. The van der Waals surface area contributed by atoms with Gasteiger partial charge in [0.05, 0.1) is 35.6 Å². The Bertz CT molecular complexity index is 1150. The van der Waals surface area contributed by atoms with Gasteiger partial charge in [0, 0.05) is 32.6 Å². The molecular formula is C28H36N4O7. The van der Waals surface area contributed by atoms with E-state index in [9.17, 15) is 24.0 Å². The van der Waals surface area contributed by atoms with Crippen LogP contribution in [0, 0.1) is 5.92 Å². The first-order valence-electron chi connectivity index (χ1n) is 13.9. The van der Waals surface area contributed by atoms with E-state index in [0.717, 1.165) is 30.6 Å². The predicted molar refractivity (Wildman–Crippen MR) is 140 cm³/mol. The summed E-state index contributed by atoms with van der Waals surface area (Å²) in [6.45, 7) is 7.03. The highest BCUT2D eigenvalue weighted by Crippen LogP contribution is 2.35. The molecular weight excluding hydrogens is 504 g/mol. The second kappa shape index (κ2) is 11.3. The number of carbonyl (C=O) groups is 5. The molecule has 0 radical (unpaired) electrons. The average molecular weight is 541 g/mol. The molecule has 11 nitrogen and oxygen atoms in total. The Morgan fingerprint density at radius 3 is 2.26 bits per heavy atom. The lowest BCUT2D eigenvalue weighted by Gasteiger charge is -2.38. The molecule has 39 heavy (non-hydrogen) atoms. The molecule has 1 N–H and O–H groups in total. The molecule has 210 valence electrons. The zero-order chi connectivity index (χ0) is 27.7. The second-order valence-corrected chi connectivity index (χ2v) is 11.1. The summed E-state index contributed by atoms with van der Waals surface area (Å²) in [7, 11) is 0. The van der Waals surface area contributed by atoms with E-state index in [1.165, 1.54) is 0 Å². The van der Waals surface area contributed by atoms with Gasteiger partial charge in [0.25, 0.3) is 11.8 Å². The van der Waals surface area contributed by atoms with Crippen LogP contribution in [-0.2, 0) is 19.1 Å². The predicted octanol–water partition coefficient (Wildman–Crippen LogP) is 2.33. The van der Waals surface area contributed by atoms with Gasteiger partial charge in [0.15, 0.2) is 0 Å². The molecule has 4 heterocycles. The number of nitrogens with one attached hydrogen (secondary N) is 1. The Hall–Kier alpha value is -3.47. The standard InChI is InChI=1S/C28H36N4O7/c1-17(2)16-38-28(37)31-14-10-19(11-15-31)39-18-8-12-30(13-9-18)21-5-3-4-20-24(21)27(36)32(26(20)35)22-6-7-23(33)29-25(22)34/h3-5,17-19,22H,6-16H2,1-2H3,(H,29,33,34). The molecule has 0 saturated carbocycles. The number of ether oxygens (including phenoxy) is 2. The molecule has 1 aromatic rings. The van der Waals surface area contributed by atoms with Crippen molar-refractivity contribution >= 4 is 35.4 Å². The third-order valence-corrected chi connectivity index (χ3v) is 7.85. The number of likely N-dealkylation sites (tertiary alicyclic amines) is 1. The van der Waals surface area contributed by atoms with Crippen molar-refractivity contribution in [3.05, 3.63) is 29.3 Å². The molecule has 1 aromatic carbocycles. The monoisotopic (exact) mass is 540 g/mol. The minimum absolute atomic E-state index is 0.0831. The Morgan fingerprint density at radius 2 is 1.62 bits per heavy atom. The van der Waals surface area contributed by atoms with Crippen LogP contribution in [0.2, 0.25) is 0 Å². The number of amides is 5. The van der Waals surface area contributed by atoms with Gasteiger partial charge in [-0.2, -0.15) is 0 Å². The molecule has 0 aromatic heterocycles. The number of fused-ring (bicyclic) bond motifs is 1. The van der Waals surface area contributed by atoms with Gasteiger partial charge in [0.1, 0.15) is 6.04 Å². The lowest BCUT2D eigenvalue weighted by Crippen LogP contribution is -2.54. The van der Waals surface area contributed by atoms with Crippen LogP contribution in [0.4, 0.5) is 10.5 Å². The highest BCUT2D eigenvalue weighted by molar-refractivity contribution is 6.25. The van der Waals surface area contributed by atoms with Crippen molar-refractivity contribution in [3.8, 4) is 0 Å². The molecule has 4 aliphatic heterocycles. The van der Waals surface area contributed by atoms with Crippen molar-refractivity contribution in [2.75, 3.05) is 37.7 Å². The van der Waals surface area contributed by atoms with Crippen LogP contribution in [0.25, 0.3) is 0 Å². The Kier molecular flexibility index (Phi) is 7.88. The number of anilines is 1. The van der Waals surface area contributed by atoms with E-state index in [0.29, 0.717) is 55.5 Å². The maximum Gasteiger partial charge on any atom is 0.409 e. The van der Waals surface area contributed by atoms with Crippen molar-refractivity contribution in [1.29, 1.82) is 0 Å². The Morgan fingerprint density at radius 1 is 0.949 bits per heavy atom. The van der Waals surface area contributed by atoms with E-state index in [-0.39, 0.29) is 31.1 Å². The first kappa shape index (κ1) is 27.1. The van der Waals surface area contributed by atoms with Crippen molar-refractivity contribution in [2.24, 2.45) is 5.92 Å². The topological polar surface area (TPSA) is 126 Å². The SMILES string of the molecule is CC(C)COC(=O)N1CCC(OC2CCN(c3cccc4c3C(=O)N(C3CCC(=O)NC3=O)C4=O)CC2)CC1. The summed E-state index contributed by atoms with van der Waals surface area (Å²) in [4.78, 5) is 67.6. The maximum atomic E-state index is 13.4. The van der Waals surface area contributed by atoms with Gasteiger partial charge in [-0.25, -0.2) is 4.79 Å². The summed E-state index contributed by atoms with van der Waals surface area (Å²) in [5.74, 6) is -1.69. The summed E-state index contributed by atoms with van der Waals surface area (Å²) in [6, 6.07) is 4.24. The highest BCUT2D eigenvalue weighted by Gasteiger charge is 2.46. The van der Waals surface area contributed by atoms with Crippen molar-refractivity contribution in [3.63, 3.8) is 0 Å². The quantitative estimate of drug-likeness (QED) is 0.545. The van der Waals surface area contributed by atoms with Crippen molar-refractivity contribution in [2.45, 2.75) is 70.6 Å². The number of piperidine rings is 3. The van der Waals surface area contributed by atoms with Crippen LogP contribution in [0.1, 0.15) is 73.1 Å². The normalized spacial score (nSPS) is 22.9. The molecule has 5 amide bonds. The largest absolute Gasteiger partial charge is 0.449 e. The molecule has 5 rings (SSSR count). The fourth-order valence-corrected chi connectivity index (χ4v) is 5.77. The fraction of sp³-hybridized carbons (Fsp3) is 0.607. The summed E-state index contributed by atoms with van der Waals surface area (Å²) in [6.07, 6.45) is 3.25. The van der Waals surface area contributed by atoms with E-state index in [1.54, 1.807) is 17.0 Å². The van der Waals surface area contributed by atoms with Gasteiger partial charge in [-0.1, -0.05) is 19.9 Å². The number of benzene rings is 1. The van der Waals surface area contributed by atoms with E-state index >= 15 is 0 Å². The molecule has 0 aliphatic carbocycles. The first-order valence-corrected chi connectivity index (χ1v) is 13.9.